The maximum absolute atomic E-state index is 11.9. The molecule has 0 aromatic heterocycles. The summed E-state index contributed by atoms with van der Waals surface area (Å²) in [6, 6.07) is 25.9. The minimum atomic E-state index is -0.546. The average Bonchev–Trinajstić information content (AvgIpc) is 3.12. The van der Waals surface area contributed by atoms with Crippen LogP contribution in [0.25, 0.3) is 0 Å². The molecule has 3 aromatic carbocycles. The largest absolute Gasteiger partial charge is 0.489 e. The third-order valence-corrected chi connectivity index (χ3v) is 6.52. The second-order valence-electron chi connectivity index (χ2n) is 9.17. The van der Waals surface area contributed by atoms with E-state index >= 15 is 0 Å². The first-order chi connectivity index (χ1) is 17.6. The zero-order valence-electron chi connectivity index (χ0n) is 20.8. The standard InChI is InChI=1S/C29H36N4O3/c30-29(35)33(19-20-34)28-10-5-4-9-26(28)22-32-16-6-15-31(17-18-32)21-24-11-13-27(14-12-24)36-23-25-7-2-1-3-8-25/h1-5,7-14,34H,6,15-23H2,(H2,30,35). The average molecular weight is 489 g/mol. The van der Waals surface area contributed by atoms with Crippen molar-refractivity contribution in [3.05, 3.63) is 95.6 Å². The summed E-state index contributed by atoms with van der Waals surface area (Å²) in [6.07, 6.45) is 1.08. The van der Waals surface area contributed by atoms with E-state index in [4.69, 9.17) is 10.5 Å². The van der Waals surface area contributed by atoms with E-state index in [9.17, 15) is 9.90 Å². The van der Waals surface area contributed by atoms with Crippen LogP contribution in [-0.4, -0.2) is 60.3 Å². The van der Waals surface area contributed by atoms with Gasteiger partial charge in [0, 0.05) is 31.9 Å². The molecule has 0 radical (unpaired) electrons. The van der Waals surface area contributed by atoms with Crippen molar-refractivity contribution in [2.24, 2.45) is 5.73 Å². The van der Waals surface area contributed by atoms with Crippen LogP contribution in [-0.2, 0) is 19.7 Å². The molecule has 4 rings (SSSR count). The van der Waals surface area contributed by atoms with E-state index in [2.05, 4.69) is 46.2 Å². The lowest BCUT2D eigenvalue weighted by molar-refractivity contribution is 0.245. The molecule has 2 amide bonds. The van der Waals surface area contributed by atoms with E-state index in [-0.39, 0.29) is 13.2 Å². The predicted octanol–water partition coefficient (Wildman–Crippen LogP) is 3.85. The van der Waals surface area contributed by atoms with Crippen molar-refractivity contribution in [2.75, 3.05) is 44.2 Å². The number of aliphatic hydroxyl groups excluding tert-OH is 1. The van der Waals surface area contributed by atoms with Gasteiger partial charge in [-0.15, -0.1) is 0 Å². The molecule has 0 atom stereocenters. The van der Waals surface area contributed by atoms with Crippen molar-refractivity contribution in [3.63, 3.8) is 0 Å². The van der Waals surface area contributed by atoms with Gasteiger partial charge in [-0.2, -0.15) is 0 Å². The molecule has 190 valence electrons. The molecule has 1 aliphatic rings. The van der Waals surface area contributed by atoms with Crippen LogP contribution in [0, 0.1) is 0 Å². The third-order valence-electron chi connectivity index (χ3n) is 6.52. The van der Waals surface area contributed by atoms with Gasteiger partial charge in [0.25, 0.3) is 0 Å². The molecule has 0 spiro atoms. The predicted molar refractivity (Wildman–Crippen MR) is 143 cm³/mol. The van der Waals surface area contributed by atoms with Gasteiger partial charge in [0.1, 0.15) is 12.4 Å². The van der Waals surface area contributed by atoms with Gasteiger partial charge in [-0.1, -0.05) is 60.7 Å². The maximum Gasteiger partial charge on any atom is 0.319 e. The van der Waals surface area contributed by atoms with Gasteiger partial charge >= 0.3 is 6.03 Å². The van der Waals surface area contributed by atoms with Gasteiger partial charge in [0.05, 0.1) is 13.2 Å². The summed E-state index contributed by atoms with van der Waals surface area (Å²) in [4.78, 5) is 18.3. The topological polar surface area (TPSA) is 82.3 Å². The number of nitrogens with two attached hydrogens (primary N) is 1. The van der Waals surface area contributed by atoms with Crippen LogP contribution < -0.4 is 15.4 Å². The number of rotatable bonds is 10. The number of hydrogen-bond donors (Lipinski definition) is 2. The highest BCUT2D eigenvalue weighted by Crippen LogP contribution is 2.23. The number of amides is 2. The highest BCUT2D eigenvalue weighted by molar-refractivity contribution is 5.91. The van der Waals surface area contributed by atoms with E-state index in [0.717, 1.165) is 68.3 Å². The molecular formula is C29H36N4O3. The SMILES string of the molecule is NC(=O)N(CCO)c1ccccc1CN1CCCN(Cc2ccc(OCc3ccccc3)cc2)CC1. The number of carbonyl (C=O) groups is 1. The molecule has 1 heterocycles. The Bertz CT molecular complexity index is 1090. The smallest absolute Gasteiger partial charge is 0.319 e. The van der Waals surface area contributed by atoms with Crippen LogP contribution in [0.3, 0.4) is 0 Å². The summed E-state index contributed by atoms with van der Waals surface area (Å²) in [5.74, 6) is 0.884. The Morgan fingerprint density at radius 1 is 0.833 bits per heavy atom. The first-order valence-corrected chi connectivity index (χ1v) is 12.6. The summed E-state index contributed by atoms with van der Waals surface area (Å²) in [6.45, 7) is 6.25. The summed E-state index contributed by atoms with van der Waals surface area (Å²) < 4.78 is 5.92. The minimum absolute atomic E-state index is 0.129. The molecule has 0 aliphatic carbocycles. The summed E-state index contributed by atoms with van der Waals surface area (Å²) in [5, 5.41) is 9.36. The Morgan fingerprint density at radius 2 is 1.50 bits per heavy atom. The number of urea groups is 1. The van der Waals surface area contributed by atoms with Crippen molar-refractivity contribution in [1.82, 2.24) is 9.80 Å². The van der Waals surface area contributed by atoms with Crippen molar-refractivity contribution in [1.29, 1.82) is 0 Å². The Kier molecular flexibility index (Phi) is 9.33. The summed E-state index contributed by atoms with van der Waals surface area (Å²) in [7, 11) is 0. The number of benzene rings is 3. The van der Waals surface area contributed by atoms with E-state index in [1.54, 1.807) is 0 Å². The number of primary amides is 1. The maximum atomic E-state index is 11.9. The molecule has 7 heteroatoms. The lowest BCUT2D eigenvalue weighted by Gasteiger charge is -2.26. The van der Waals surface area contributed by atoms with Gasteiger partial charge in [-0.05, 0) is 54.4 Å². The molecule has 0 bridgehead atoms. The lowest BCUT2D eigenvalue weighted by Crippen LogP contribution is -2.39. The van der Waals surface area contributed by atoms with Crippen molar-refractivity contribution in [2.45, 2.75) is 26.1 Å². The van der Waals surface area contributed by atoms with Crippen LogP contribution in [0.5, 0.6) is 5.75 Å². The van der Waals surface area contributed by atoms with E-state index in [1.807, 2.05) is 42.5 Å². The van der Waals surface area contributed by atoms with Gasteiger partial charge in [-0.25, -0.2) is 4.79 Å². The van der Waals surface area contributed by atoms with Gasteiger partial charge in [-0.3, -0.25) is 14.7 Å². The Balaban J connectivity index is 1.30. The molecule has 7 nitrogen and oxygen atoms in total. The van der Waals surface area contributed by atoms with Gasteiger partial charge in [0.2, 0.25) is 0 Å². The molecule has 1 aliphatic heterocycles. The van der Waals surface area contributed by atoms with Crippen molar-refractivity contribution < 1.29 is 14.6 Å². The monoisotopic (exact) mass is 488 g/mol. The molecule has 1 fully saturated rings. The highest BCUT2D eigenvalue weighted by atomic mass is 16.5. The van der Waals surface area contributed by atoms with Gasteiger partial charge < -0.3 is 15.6 Å². The van der Waals surface area contributed by atoms with Crippen LogP contribution in [0.2, 0.25) is 0 Å². The Labute approximate surface area is 213 Å². The zero-order valence-corrected chi connectivity index (χ0v) is 20.8. The molecule has 3 aromatic rings. The first kappa shape index (κ1) is 25.7. The van der Waals surface area contributed by atoms with Crippen LogP contribution in [0.4, 0.5) is 10.5 Å². The minimum Gasteiger partial charge on any atom is -0.489 e. The second-order valence-corrected chi connectivity index (χ2v) is 9.17. The molecule has 3 N–H and O–H groups in total. The number of ether oxygens (including phenoxy) is 1. The highest BCUT2D eigenvalue weighted by Gasteiger charge is 2.19. The van der Waals surface area contributed by atoms with Crippen molar-refractivity contribution >= 4 is 11.7 Å². The molecule has 0 saturated carbocycles. The number of carbonyl (C=O) groups excluding carboxylic acids is 1. The number of anilines is 1. The van der Waals surface area contributed by atoms with E-state index in [0.29, 0.717) is 6.61 Å². The summed E-state index contributed by atoms with van der Waals surface area (Å²) in [5.41, 5.74) is 9.83. The van der Waals surface area contributed by atoms with Crippen LogP contribution >= 0.6 is 0 Å². The number of nitrogens with zero attached hydrogens (tertiary/aromatic N) is 3. The third kappa shape index (κ3) is 7.31. The van der Waals surface area contributed by atoms with Crippen LogP contribution in [0.15, 0.2) is 78.9 Å². The Morgan fingerprint density at radius 3 is 2.19 bits per heavy atom. The molecule has 1 saturated heterocycles. The fraction of sp³-hybridized carbons (Fsp3) is 0.345. The fourth-order valence-corrected chi connectivity index (χ4v) is 4.63. The van der Waals surface area contributed by atoms with Crippen LogP contribution in [0.1, 0.15) is 23.1 Å². The molecular weight excluding hydrogens is 452 g/mol. The number of para-hydroxylation sites is 1. The fourth-order valence-electron chi connectivity index (χ4n) is 4.63. The molecule has 0 unspecified atom stereocenters. The number of aliphatic hydroxyl groups is 1. The second kappa shape index (κ2) is 13.1. The lowest BCUT2D eigenvalue weighted by atomic mass is 10.1. The first-order valence-electron chi connectivity index (χ1n) is 12.6. The Hall–Kier alpha value is -3.39. The number of hydrogen-bond acceptors (Lipinski definition) is 5. The van der Waals surface area contributed by atoms with Crippen molar-refractivity contribution in [3.8, 4) is 5.75 Å². The summed E-state index contributed by atoms with van der Waals surface area (Å²) >= 11 is 0. The quantitative estimate of drug-likeness (QED) is 0.453. The van der Waals surface area contributed by atoms with E-state index in [1.165, 1.54) is 10.5 Å². The zero-order chi connectivity index (χ0) is 25.2. The normalized spacial score (nSPS) is 14.8. The van der Waals surface area contributed by atoms with E-state index < -0.39 is 6.03 Å². The molecule has 36 heavy (non-hydrogen) atoms. The van der Waals surface area contributed by atoms with Gasteiger partial charge in [0.15, 0.2) is 0 Å².